The molecule has 34 heavy (non-hydrogen) atoms. The van der Waals surface area contributed by atoms with Crippen molar-refractivity contribution in [2.45, 2.75) is 44.7 Å². The number of rotatable bonds is 6. The number of fused-ring (bicyclic) bond motifs is 2. The van der Waals surface area contributed by atoms with Crippen molar-refractivity contribution >= 4 is 37.7 Å². The molecule has 1 aliphatic rings. The molecule has 8 heteroatoms. The lowest BCUT2D eigenvalue weighted by Crippen LogP contribution is -2.21. The second-order valence-electron chi connectivity index (χ2n) is 9.12. The molecule has 0 radical (unpaired) electrons. The van der Waals surface area contributed by atoms with Gasteiger partial charge in [0.1, 0.15) is 5.75 Å². The fraction of sp³-hybridized carbons (Fsp3) is 0.346. The van der Waals surface area contributed by atoms with Crippen LogP contribution in [0.5, 0.6) is 5.75 Å². The molecule has 0 spiro atoms. The number of aromatic nitrogens is 5. The molecule has 0 saturated heterocycles. The second kappa shape index (κ2) is 8.76. The van der Waals surface area contributed by atoms with Gasteiger partial charge in [-0.25, -0.2) is 9.97 Å². The smallest absolute Gasteiger partial charge is 0.184 e. The molecule has 1 N–H and O–H groups in total. The van der Waals surface area contributed by atoms with E-state index in [2.05, 4.69) is 50.3 Å². The van der Waals surface area contributed by atoms with E-state index >= 15 is 0 Å². The van der Waals surface area contributed by atoms with Gasteiger partial charge < -0.3 is 14.6 Å². The molecular formula is C26H28N6OS. The van der Waals surface area contributed by atoms with E-state index in [0.29, 0.717) is 6.04 Å². The van der Waals surface area contributed by atoms with E-state index in [1.54, 1.807) is 23.1 Å². The van der Waals surface area contributed by atoms with Crippen molar-refractivity contribution < 1.29 is 4.74 Å². The SMILES string of the molecule is COc1cc2c(cc1-c1cnn(C)c1)ncn2Cc1ccc2nc(NC3CCCCC3)sc2c1. The number of nitrogens with one attached hydrogen (secondary N) is 1. The van der Waals surface area contributed by atoms with Crippen molar-refractivity contribution in [1.82, 2.24) is 24.3 Å². The summed E-state index contributed by atoms with van der Waals surface area (Å²) in [6.45, 7) is 0.741. The largest absolute Gasteiger partial charge is 0.496 e. The van der Waals surface area contributed by atoms with E-state index in [-0.39, 0.29) is 0 Å². The van der Waals surface area contributed by atoms with Gasteiger partial charge in [-0.1, -0.05) is 36.7 Å². The maximum atomic E-state index is 5.72. The maximum absolute atomic E-state index is 5.72. The highest BCUT2D eigenvalue weighted by Gasteiger charge is 2.16. The molecule has 3 heterocycles. The van der Waals surface area contributed by atoms with Crippen LogP contribution in [-0.2, 0) is 13.6 Å². The van der Waals surface area contributed by atoms with Gasteiger partial charge >= 0.3 is 0 Å². The Kier molecular flexibility index (Phi) is 5.45. The highest BCUT2D eigenvalue weighted by Crippen LogP contribution is 2.34. The van der Waals surface area contributed by atoms with Gasteiger partial charge in [-0.3, -0.25) is 4.68 Å². The van der Waals surface area contributed by atoms with E-state index in [0.717, 1.165) is 45.1 Å². The first kappa shape index (κ1) is 21.2. The summed E-state index contributed by atoms with van der Waals surface area (Å²) in [6, 6.07) is 11.3. The molecule has 0 aliphatic heterocycles. The molecule has 174 valence electrons. The van der Waals surface area contributed by atoms with Crippen LogP contribution in [0.4, 0.5) is 5.13 Å². The number of benzene rings is 2. The summed E-state index contributed by atoms with van der Waals surface area (Å²) in [6.07, 6.45) is 12.2. The van der Waals surface area contributed by atoms with Crippen molar-refractivity contribution in [3.8, 4) is 16.9 Å². The average molecular weight is 473 g/mol. The zero-order valence-electron chi connectivity index (χ0n) is 19.5. The van der Waals surface area contributed by atoms with E-state index in [4.69, 9.17) is 9.72 Å². The number of thiazole rings is 1. The van der Waals surface area contributed by atoms with Crippen LogP contribution in [0.1, 0.15) is 37.7 Å². The van der Waals surface area contributed by atoms with Gasteiger partial charge in [0.2, 0.25) is 0 Å². The minimum absolute atomic E-state index is 0.567. The van der Waals surface area contributed by atoms with Crippen molar-refractivity contribution in [2.75, 3.05) is 12.4 Å². The first-order valence-corrected chi connectivity index (χ1v) is 12.7. The van der Waals surface area contributed by atoms with Crippen LogP contribution < -0.4 is 10.1 Å². The van der Waals surface area contributed by atoms with Gasteiger partial charge in [0.15, 0.2) is 5.13 Å². The topological polar surface area (TPSA) is 69.8 Å². The van der Waals surface area contributed by atoms with Crippen molar-refractivity contribution in [1.29, 1.82) is 0 Å². The van der Waals surface area contributed by atoms with Gasteiger partial charge in [0, 0.05) is 43.0 Å². The number of hydrogen-bond donors (Lipinski definition) is 1. The summed E-state index contributed by atoms with van der Waals surface area (Å²) in [7, 11) is 3.62. The third-order valence-corrected chi connectivity index (χ3v) is 7.65. The first-order valence-electron chi connectivity index (χ1n) is 11.8. The molecule has 0 atom stereocenters. The molecule has 5 aromatic rings. The van der Waals surface area contributed by atoms with Crippen LogP contribution in [-0.4, -0.2) is 37.5 Å². The molecule has 0 amide bonds. The third kappa shape index (κ3) is 4.03. The van der Waals surface area contributed by atoms with Crippen LogP contribution in [0.2, 0.25) is 0 Å². The van der Waals surface area contributed by atoms with Crippen LogP contribution in [0, 0.1) is 0 Å². The minimum Gasteiger partial charge on any atom is -0.496 e. The number of methoxy groups -OCH3 is 1. The standard InChI is InChI=1S/C26H28N6OS/c1-31-15-18(13-28-31)20-11-22-23(12-24(20)33-2)32(16-27-22)14-17-8-9-21-25(10-17)34-26(30-21)29-19-6-4-3-5-7-19/h8-13,15-16,19H,3-7,14H2,1-2H3,(H,29,30). The molecule has 0 bridgehead atoms. The Morgan fingerprint density at radius 2 is 2.00 bits per heavy atom. The number of aryl methyl sites for hydroxylation is 1. The summed E-state index contributed by atoms with van der Waals surface area (Å²) in [5.41, 5.74) is 6.30. The van der Waals surface area contributed by atoms with Crippen LogP contribution in [0.3, 0.4) is 0 Å². The van der Waals surface area contributed by atoms with Crippen molar-refractivity contribution in [3.05, 3.63) is 54.6 Å². The Hall–Kier alpha value is -3.39. The number of imidazole rings is 1. The molecule has 1 saturated carbocycles. The fourth-order valence-corrected chi connectivity index (χ4v) is 5.92. The lowest BCUT2D eigenvalue weighted by molar-refractivity contribution is 0.417. The zero-order chi connectivity index (χ0) is 23.1. The van der Waals surface area contributed by atoms with Gasteiger partial charge in [-0.15, -0.1) is 0 Å². The van der Waals surface area contributed by atoms with Crippen LogP contribution in [0.15, 0.2) is 49.1 Å². The highest BCUT2D eigenvalue weighted by molar-refractivity contribution is 7.22. The van der Waals surface area contributed by atoms with Crippen molar-refractivity contribution in [3.63, 3.8) is 0 Å². The van der Waals surface area contributed by atoms with Gasteiger partial charge in [0.25, 0.3) is 0 Å². The van der Waals surface area contributed by atoms with Crippen molar-refractivity contribution in [2.24, 2.45) is 7.05 Å². The van der Waals surface area contributed by atoms with E-state index in [1.165, 1.54) is 42.4 Å². The Bertz CT molecular complexity index is 1460. The number of anilines is 1. The molecule has 2 aromatic carbocycles. The summed E-state index contributed by atoms with van der Waals surface area (Å²) < 4.78 is 10.9. The van der Waals surface area contributed by atoms with E-state index in [1.807, 2.05) is 25.8 Å². The number of ether oxygens (including phenoxy) is 1. The Balaban J connectivity index is 1.27. The average Bonchev–Trinajstić information content (AvgIpc) is 3.57. The highest BCUT2D eigenvalue weighted by atomic mass is 32.1. The first-order chi connectivity index (χ1) is 16.7. The summed E-state index contributed by atoms with van der Waals surface area (Å²) in [5, 5.41) is 9.00. The third-order valence-electron chi connectivity index (χ3n) is 6.70. The quantitative estimate of drug-likeness (QED) is 0.336. The monoisotopic (exact) mass is 472 g/mol. The van der Waals surface area contributed by atoms with Crippen LogP contribution >= 0.6 is 11.3 Å². The second-order valence-corrected chi connectivity index (χ2v) is 10.1. The predicted octanol–water partition coefficient (Wildman–Crippen LogP) is 5.85. The van der Waals surface area contributed by atoms with Gasteiger partial charge in [0.05, 0.1) is 40.9 Å². The molecule has 0 unspecified atom stereocenters. The van der Waals surface area contributed by atoms with E-state index in [9.17, 15) is 0 Å². The number of nitrogens with zero attached hydrogens (tertiary/aromatic N) is 5. The molecule has 7 nitrogen and oxygen atoms in total. The molecule has 1 aliphatic carbocycles. The Labute approximate surface area is 202 Å². The molecular weight excluding hydrogens is 444 g/mol. The lowest BCUT2D eigenvalue weighted by atomic mass is 9.96. The summed E-state index contributed by atoms with van der Waals surface area (Å²) in [4.78, 5) is 9.50. The zero-order valence-corrected chi connectivity index (χ0v) is 20.3. The number of hydrogen-bond acceptors (Lipinski definition) is 6. The normalized spacial score (nSPS) is 14.8. The Morgan fingerprint density at radius 3 is 2.79 bits per heavy atom. The molecule has 6 rings (SSSR count). The Morgan fingerprint density at radius 1 is 1.12 bits per heavy atom. The summed E-state index contributed by atoms with van der Waals surface area (Å²) in [5.74, 6) is 0.818. The van der Waals surface area contributed by atoms with Gasteiger partial charge in [-0.05, 0) is 36.6 Å². The maximum Gasteiger partial charge on any atom is 0.184 e. The molecule has 1 fully saturated rings. The lowest BCUT2D eigenvalue weighted by Gasteiger charge is -2.22. The fourth-order valence-electron chi connectivity index (χ4n) is 4.91. The van der Waals surface area contributed by atoms with E-state index < -0.39 is 0 Å². The minimum atomic E-state index is 0.567. The summed E-state index contributed by atoms with van der Waals surface area (Å²) >= 11 is 1.75. The molecule has 3 aromatic heterocycles. The van der Waals surface area contributed by atoms with Gasteiger partial charge in [-0.2, -0.15) is 5.10 Å². The van der Waals surface area contributed by atoms with Crippen LogP contribution in [0.25, 0.3) is 32.4 Å². The predicted molar refractivity (Wildman–Crippen MR) is 138 cm³/mol.